The summed E-state index contributed by atoms with van der Waals surface area (Å²) in [5, 5.41) is 12.9. The molecule has 2 aromatic rings. The number of aliphatic hydroxyl groups is 1. The standard InChI is InChI=1S/C15H18F3N3O/c1-8-20-12-6-9(7-19-11-3-2-4-13(11)22)5-10(14(12)21-8)15(16,17)18/h5-6,11,13,19,22H,2-4,7H2,1H3,(H,20,21)/t11-,13-/m0/s1. The molecule has 0 aliphatic heterocycles. The molecule has 1 aliphatic rings. The number of hydrogen-bond acceptors (Lipinski definition) is 3. The third-order valence-electron chi connectivity index (χ3n) is 4.12. The van der Waals surface area contributed by atoms with Gasteiger partial charge in [0, 0.05) is 12.6 Å². The predicted molar refractivity (Wildman–Crippen MR) is 76.3 cm³/mol. The summed E-state index contributed by atoms with van der Waals surface area (Å²) in [6.07, 6.45) is -2.34. The zero-order valence-electron chi connectivity index (χ0n) is 12.2. The minimum absolute atomic E-state index is 0.0466. The quantitative estimate of drug-likeness (QED) is 0.816. The number of aliphatic hydroxyl groups excluding tert-OH is 1. The number of fused-ring (bicyclic) bond motifs is 1. The number of imidazole rings is 1. The van der Waals surface area contributed by atoms with E-state index in [1.807, 2.05) is 0 Å². The number of nitrogens with one attached hydrogen (secondary N) is 2. The van der Waals surface area contributed by atoms with Crippen molar-refractivity contribution in [2.45, 2.75) is 51.1 Å². The van der Waals surface area contributed by atoms with Gasteiger partial charge in [-0.3, -0.25) is 0 Å². The van der Waals surface area contributed by atoms with Gasteiger partial charge in [0.1, 0.15) is 11.3 Å². The number of hydrogen-bond donors (Lipinski definition) is 3. The van der Waals surface area contributed by atoms with Crippen molar-refractivity contribution in [3.8, 4) is 0 Å². The molecule has 1 saturated carbocycles. The summed E-state index contributed by atoms with van der Waals surface area (Å²) in [4.78, 5) is 6.79. The second-order valence-corrected chi connectivity index (χ2v) is 5.85. The molecule has 120 valence electrons. The average molecular weight is 313 g/mol. The van der Waals surface area contributed by atoms with Gasteiger partial charge in [-0.15, -0.1) is 0 Å². The average Bonchev–Trinajstić information content (AvgIpc) is 2.98. The van der Waals surface area contributed by atoms with Crippen molar-refractivity contribution in [3.63, 3.8) is 0 Å². The molecule has 1 aromatic heterocycles. The molecule has 22 heavy (non-hydrogen) atoms. The summed E-state index contributed by atoms with van der Waals surface area (Å²) in [7, 11) is 0. The van der Waals surface area contributed by atoms with Crippen LogP contribution in [0.1, 0.15) is 36.2 Å². The van der Waals surface area contributed by atoms with E-state index in [4.69, 9.17) is 0 Å². The van der Waals surface area contributed by atoms with Crippen molar-refractivity contribution >= 4 is 11.0 Å². The van der Waals surface area contributed by atoms with Gasteiger partial charge in [0.15, 0.2) is 0 Å². The third kappa shape index (κ3) is 2.96. The predicted octanol–water partition coefficient (Wildman–Crippen LogP) is 2.89. The molecule has 0 saturated heterocycles. The van der Waals surface area contributed by atoms with Crippen LogP contribution in [0.2, 0.25) is 0 Å². The van der Waals surface area contributed by atoms with Crippen molar-refractivity contribution in [3.05, 3.63) is 29.1 Å². The highest BCUT2D eigenvalue weighted by Gasteiger charge is 2.34. The van der Waals surface area contributed by atoms with Crippen LogP contribution in [0.4, 0.5) is 13.2 Å². The van der Waals surface area contributed by atoms with Gasteiger partial charge in [-0.05, 0) is 43.9 Å². The maximum atomic E-state index is 13.2. The van der Waals surface area contributed by atoms with Crippen LogP contribution in [0, 0.1) is 6.92 Å². The summed E-state index contributed by atoms with van der Waals surface area (Å²) in [6.45, 7) is 1.92. The Labute approximate surface area is 125 Å². The van der Waals surface area contributed by atoms with Crippen molar-refractivity contribution < 1.29 is 18.3 Å². The van der Waals surface area contributed by atoms with E-state index in [9.17, 15) is 18.3 Å². The van der Waals surface area contributed by atoms with Crippen molar-refractivity contribution in [1.29, 1.82) is 0 Å². The summed E-state index contributed by atoms with van der Waals surface area (Å²) >= 11 is 0. The summed E-state index contributed by atoms with van der Waals surface area (Å²) < 4.78 is 39.6. The van der Waals surface area contributed by atoms with Crippen LogP contribution in [-0.4, -0.2) is 27.2 Å². The summed E-state index contributed by atoms with van der Waals surface area (Å²) in [5.74, 6) is 0.455. The number of aromatic amines is 1. The second-order valence-electron chi connectivity index (χ2n) is 5.85. The molecule has 3 rings (SSSR count). The SMILES string of the molecule is Cc1nc2c(C(F)(F)F)cc(CN[C@H]3CCC[C@@H]3O)cc2[nH]1. The van der Waals surface area contributed by atoms with E-state index in [2.05, 4.69) is 15.3 Å². The molecule has 7 heteroatoms. The number of rotatable bonds is 3. The molecule has 0 amide bonds. The normalized spacial score (nSPS) is 22.6. The monoisotopic (exact) mass is 313 g/mol. The van der Waals surface area contributed by atoms with Gasteiger partial charge in [-0.2, -0.15) is 13.2 Å². The van der Waals surface area contributed by atoms with Gasteiger partial charge in [0.2, 0.25) is 0 Å². The van der Waals surface area contributed by atoms with Gasteiger partial charge in [0.05, 0.1) is 17.2 Å². The molecule has 0 spiro atoms. The third-order valence-corrected chi connectivity index (χ3v) is 4.12. The van der Waals surface area contributed by atoms with Gasteiger partial charge in [-0.1, -0.05) is 0 Å². The highest BCUT2D eigenvalue weighted by molar-refractivity contribution is 5.80. The molecule has 2 atom stereocenters. The number of aromatic nitrogens is 2. The number of benzene rings is 1. The Bertz CT molecular complexity index is 680. The highest BCUT2D eigenvalue weighted by atomic mass is 19.4. The van der Waals surface area contributed by atoms with Crippen molar-refractivity contribution in [2.75, 3.05) is 0 Å². The van der Waals surface area contributed by atoms with E-state index in [-0.39, 0.29) is 11.6 Å². The number of halogens is 3. The van der Waals surface area contributed by atoms with E-state index in [0.29, 0.717) is 23.4 Å². The Morgan fingerprint density at radius 1 is 1.36 bits per heavy atom. The maximum absolute atomic E-state index is 13.2. The molecule has 0 bridgehead atoms. The van der Waals surface area contributed by atoms with Crippen LogP contribution in [0.25, 0.3) is 11.0 Å². The largest absolute Gasteiger partial charge is 0.418 e. The lowest BCUT2D eigenvalue weighted by Crippen LogP contribution is -2.35. The van der Waals surface area contributed by atoms with E-state index < -0.39 is 17.8 Å². The van der Waals surface area contributed by atoms with Crippen LogP contribution in [0.15, 0.2) is 12.1 Å². The Kier molecular flexibility index (Phi) is 3.86. The Balaban J connectivity index is 1.89. The molecule has 1 heterocycles. The zero-order valence-corrected chi connectivity index (χ0v) is 12.2. The summed E-state index contributed by atoms with van der Waals surface area (Å²) in [5.41, 5.74) is 0.145. The van der Waals surface area contributed by atoms with Crippen LogP contribution in [0.5, 0.6) is 0 Å². The Hall–Kier alpha value is -1.60. The van der Waals surface area contributed by atoms with E-state index in [1.165, 1.54) is 0 Å². The number of nitrogens with zero attached hydrogens (tertiary/aromatic N) is 1. The zero-order chi connectivity index (χ0) is 15.9. The van der Waals surface area contributed by atoms with Crippen molar-refractivity contribution in [1.82, 2.24) is 15.3 Å². The first kappa shape index (κ1) is 15.3. The van der Waals surface area contributed by atoms with Crippen molar-refractivity contribution in [2.24, 2.45) is 0 Å². The molecule has 0 unspecified atom stereocenters. The van der Waals surface area contributed by atoms with Crippen LogP contribution >= 0.6 is 0 Å². The second kappa shape index (κ2) is 5.55. The van der Waals surface area contributed by atoms with E-state index in [1.54, 1.807) is 13.0 Å². The van der Waals surface area contributed by atoms with Crippen LogP contribution in [-0.2, 0) is 12.7 Å². The molecule has 3 N–H and O–H groups in total. The molecular formula is C15H18F3N3O. The van der Waals surface area contributed by atoms with Crippen LogP contribution < -0.4 is 5.32 Å². The minimum Gasteiger partial charge on any atom is -0.392 e. The molecule has 1 aromatic carbocycles. The minimum atomic E-state index is -4.44. The number of H-pyrrole nitrogens is 1. The highest BCUT2D eigenvalue weighted by Crippen LogP contribution is 2.35. The van der Waals surface area contributed by atoms with Crippen LogP contribution in [0.3, 0.4) is 0 Å². The molecule has 0 radical (unpaired) electrons. The van der Waals surface area contributed by atoms with Gasteiger partial charge < -0.3 is 15.4 Å². The fourth-order valence-electron chi connectivity index (χ4n) is 3.05. The molecule has 1 aliphatic carbocycles. The Morgan fingerprint density at radius 3 is 2.77 bits per heavy atom. The summed E-state index contributed by atoms with van der Waals surface area (Å²) in [6, 6.07) is 2.77. The Morgan fingerprint density at radius 2 is 2.14 bits per heavy atom. The smallest absolute Gasteiger partial charge is 0.392 e. The lowest BCUT2D eigenvalue weighted by atomic mass is 10.1. The fourth-order valence-corrected chi connectivity index (χ4v) is 3.05. The first-order valence-corrected chi connectivity index (χ1v) is 7.32. The van der Waals surface area contributed by atoms with Gasteiger partial charge in [-0.25, -0.2) is 4.98 Å². The molecular weight excluding hydrogens is 295 g/mol. The van der Waals surface area contributed by atoms with E-state index in [0.717, 1.165) is 25.3 Å². The topological polar surface area (TPSA) is 60.9 Å². The lowest BCUT2D eigenvalue weighted by Gasteiger charge is -2.17. The molecule has 1 fully saturated rings. The van der Waals surface area contributed by atoms with Gasteiger partial charge in [0.25, 0.3) is 0 Å². The lowest BCUT2D eigenvalue weighted by molar-refractivity contribution is -0.136. The van der Waals surface area contributed by atoms with E-state index >= 15 is 0 Å². The fraction of sp³-hybridized carbons (Fsp3) is 0.533. The molecule has 4 nitrogen and oxygen atoms in total. The first-order valence-electron chi connectivity index (χ1n) is 7.32. The number of alkyl halides is 3. The van der Waals surface area contributed by atoms with Gasteiger partial charge >= 0.3 is 6.18 Å². The number of aryl methyl sites for hydroxylation is 1. The first-order chi connectivity index (χ1) is 10.3. The maximum Gasteiger partial charge on any atom is 0.418 e.